The van der Waals surface area contributed by atoms with E-state index in [4.69, 9.17) is 9.15 Å². The van der Waals surface area contributed by atoms with Gasteiger partial charge in [-0.05, 0) is 12.1 Å². The number of oxazole rings is 1. The van der Waals surface area contributed by atoms with Gasteiger partial charge in [0.25, 0.3) is 5.91 Å². The van der Waals surface area contributed by atoms with Crippen molar-refractivity contribution in [3.63, 3.8) is 0 Å². The quantitative estimate of drug-likeness (QED) is 0.711. The van der Waals surface area contributed by atoms with E-state index in [-0.39, 0.29) is 25.3 Å². The second-order valence-electron chi connectivity index (χ2n) is 5.85. The lowest BCUT2D eigenvalue weighted by atomic mass is 10.1. The molecule has 0 saturated heterocycles. The molecule has 10 heteroatoms. The van der Waals surface area contributed by atoms with E-state index in [2.05, 4.69) is 9.72 Å². The van der Waals surface area contributed by atoms with Gasteiger partial charge in [-0.25, -0.2) is 4.98 Å². The molecule has 0 aliphatic carbocycles. The highest BCUT2D eigenvalue weighted by atomic mass is 19.3. The summed E-state index contributed by atoms with van der Waals surface area (Å²) in [6, 6.07) is 5.04. The fraction of sp³-hybridized carbons (Fsp3) is 0.412. The predicted octanol–water partition coefficient (Wildman–Crippen LogP) is 3.26. The number of methoxy groups -OCH3 is 1. The highest BCUT2D eigenvalue weighted by Gasteiger charge is 2.44. The molecule has 2 heterocycles. The van der Waals surface area contributed by atoms with Crippen molar-refractivity contribution in [2.24, 2.45) is 0 Å². The van der Waals surface area contributed by atoms with Crippen molar-refractivity contribution in [3.05, 3.63) is 47.2 Å². The first-order valence-corrected chi connectivity index (χ1v) is 8.01. The lowest BCUT2D eigenvalue weighted by molar-refractivity contribution is -0.253. The highest BCUT2D eigenvalue weighted by molar-refractivity contribution is 5.97. The molecule has 0 N–H and O–H groups in total. The van der Waals surface area contributed by atoms with Crippen LogP contribution in [0.25, 0.3) is 0 Å². The Kier molecular flexibility index (Phi) is 5.36. The minimum absolute atomic E-state index is 0.0982. The maximum absolute atomic E-state index is 13.3. The fourth-order valence-electron chi connectivity index (χ4n) is 2.70. The number of benzene rings is 1. The molecule has 1 aliphatic heterocycles. The van der Waals surface area contributed by atoms with Crippen LogP contribution >= 0.6 is 0 Å². The Hall–Kier alpha value is -2.62. The molecule has 0 bridgehead atoms. The van der Waals surface area contributed by atoms with Gasteiger partial charge in [0, 0.05) is 20.1 Å². The minimum atomic E-state index is -4.70. The summed E-state index contributed by atoms with van der Waals surface area (Å²) in [5, 5.41) is 0. The molecule has 6 nitrogen and oxygen atoms in total. The Morgan fingerprint density at radius 2 is 2.11 bits per heavy atom. The number of para-hydroxylation sites is 1. The van der Waals surface area contributed by atoms with Crippen LogP contribution in [0, 0.1) is 0 Å². The molecule has 1 aromatic heterocycles. The van der Waals surface area contributed by atoms with Crippen molar-refractivity contribution in [1.29, 1.82) is 0 Å². The molecule has 1 aromatic carbocycles. The van der Waals surface area contributed by atoms with Crippen molar-refractivity contribution < 1.29 is 36.2 Å². The summed E-state index contributed by atoms with van der Waals surface area (Å²) in [5.41, 5.74) is 0.305. The summed E-state index contributed by atoms with van der Waals surface area (Å²) < 4.78 is 65.9. The zero-order valence-electron chi connectivity index (χ0n) is 14.3. The molecule has 146 valence electrons. The smallest absolute Gasteiger partial charge is 0.443 e. The monoisotopic (exact) mass is 388 g/mol. The van der Waals surface area contributed by atoms with Crippen LogP contribution in [0.2, 0.25) is 0 Å². The van der Waals surface area contributed by atoms with E-state index in [1.165, 1.54) is 30.2 Å². The molecular formula is C17H16F4N2O4. The fourth-order valence-corrected chi connectivity index (χ4v) is 2.70. The van der Waals surface area contributed by atoms with Crippen LogP contribution in [-0.2, 0) is 24.3 Å². The molecule has 2 aromatic rings. The first kappa shape index (κ1) is 19.2. The number of carbonyl (C=O) groups is 1. The van der Waals surface area contributed by atoms with Gasteiger partial charge in [-0.3, -0.25) is 4.79 Å². The summed E-state index contributed by atoms with van der Waals surface area (Å²) in [7, 11) is 1.49. The number of aromatic nitrogens is 1. The Bertz CT molecular complexity index is 825. The van der Waals surface area contributed by atoms with Crippen molar-refractivity contribution in [1.82, 2.24) is 9.88 Å². The van der Waals surface area contributed by atoms with Crippen LogP contribution in [0.3, 0.4) is 0 Å². The number of fused-ring (bicyclic) bond motifs is 1. The van der Waals surface area contributed by atoms with Crippen molar-refractivity contribution >= 4 is 5.91 Å². The molecule has 0 unspecified atom stereocenters. The molecule has 3 rings (SSSR count). The van der Waals surface area contributed by atoms with Gasteiger partial charge >= 0.3 is 12.5 Å². The zero-order chi connectivity index (χ0) is 19.6. The van der Waals surface area contributed by atoms with Crippen LogP contribution < -0.4 is 4.74 Å². The normalized spacial score (nSPS) is 14.4. The maximum Gasteiger partial charge on any atom is 0.461 e. The van der Waals surface area contributed by atoms with Gasteiger partial charge in [0.05, 0.1) is 12.1 Å². The van der Waals surface area contributed by atoms with Crippen molar-refractivity contribution in [3.8, 4) is 5.75 Å². The average molecular weight is 388 g/mol. The van der Waals surface area contributed by atoms with E-state index in [0.29, 0.717) is 23.8 Å². The molecule has 27 heavy (non-hydrogen) atoms. The summed E-state index contributed by atoms with van der Waals surface area (Å²) in [6.07, 6.45) is -8.34. The van der Waals surface area contributed by atoms with E-state index in [1.807, 2.05) is 0 Å². The maximum atomic E-state index is 13.3. The highest BCUT2D eigenvalue weighted by Crippen LogP contribution is 2.31. The average Bonchev–Trinajstić information content (AvgIpc) is 3.03. The third-order valence-electron chi connectivity index (χ3n) is 3.94. The van der Waals surface area contributed by atoms with Crippen LogP contribution in [0.5, 0.6) is 5.75 Å². The summed E-state index contributed by atoms with van der Waals surface area (Å²) in [6.45, 7) is 0.536. The second-order valence-corrected chi connectivity index (χ2v) is 5.85. The number of nitrogens with zero attached hydrogens (tertiary/aromatic N) is 2. The van der Waals surface area contributed by atoms with Crippen LogP contribution in [0.15, 0.2) is 28.7 Å². The van der Waals surface area contributed by atoms with Gasteiger partial charge < -0.3 is 18.8 Å². The van der Waals surface area contributed by atoms with Gasteiger partial charge in [0.1, 0.15) is 23.8 Å². The van der Waals surface area contributed by atoms with Crippen LogP contribution in [0.1, 0.15) is 27.7 Å². The lowest BCUT2D eigenvalue weighted by Gasteiger charge is -2.26. The van der Waals surface area contributed by atoms with Gasteiger partial charge in [-0.2, -0.15) is 17.6 Å². The molecular weight excluding hydrogens is 372 g/mol. The Morgan fingerprint density at radius 1 is 1.37 bits per heavy atom. The molecule has 1 aliphatic rings. The van der Waals surface area contributed by atoms with Gasteiger partial charge in [-0.15, -0.1) is 0 Å². The van der Waals surface area contributed by atoms with Crippen molar-refractivity contribution in [2.45, 2.75) is 32.1 Å². The summed E-state index contributed by atoms with van der Waals surface area (Å²) in [4.78, 5) is 18.4. The molecule has 0 atom stereocenters. The number of ether oxygens (including phenoxy) is 2. The lowest BCUT2D eigenvalue weighted by Crippen LogP contribution is -2.37. The van der Waals surface area contributed by atoms with E-state index < -0.39 is 24.2 Å². The van der Waals surface area contributed by atoms with E-state index in [1.54, 1.807) is 0 Å². The largest absolute Gasteiger partial charge is 0.461 e. The third kappa shape index (κ3) is 4.05. The number of carbonyl (C=O) groups excluding carboxylic acids is 1. The standard InChI is InChI=1S/C17H16F4N2O4/c1-25-9-14-22-11-8-23(7-6-13(11)26-14)15(24)10-4-2-3-5-12(10)27-17(20,21)16(18)19/h2-5,16H,6-9H2,1H3. The topological polar surface area (TPSA) is 64.8 Å². The first-order valence-electron chi connectivity index (χ1n) is 8.01. The number of hydrogen-bond donors (Lipinski definition) is 0. The minimum Gasteiger partial charge on any atom is -0.443 e. The Labute approximate surface area is 151 Å². The molecule has 0 radical (unpaired) electrons. The number of hydrogen-bond acceptors (Lipinski definition) is 5. The number of halogens is 4. The third-order valence-corrected chi connectivity index (χ3v) is 3.94. The van der Waals surface area contributed by atoms with E-state index in [0.717, 1.165) is 6.07 Å². The molecule has 0 saturated carbocycles. The Balaban J connectivity index is 1.80. The summed E-state index contributed by atoms with van der Waals surface area (Å²) in [5.74, 6) is -0.242. The van der Waals surface area contributed by atoms with E-state index >= 15 is 0 Å². The van der Waals surface area contributed by atoms with Gasteiger partial charge in [0.15, 0.2) is 0 Å². The van der Waals surface area contributed by atoms with Gasteiger partial charge in [-0.1, -0.05) is 12.1 Å². The molecule has 0 fully saturated rings. The molecule has 0 spiro atoms. The number of rotatable bonds is 6. The summed E-state index contributed by atoms with van der Waals surface area (Å²) >= 11 is 0. The zero-order valence-corrected chi connectivity index (χ0v) is 14.3. The van der Waals surface area contributed by atoms with Crippen LogP contribution in [-0.4, -0.2) is 42.0 Å². The number of amides is 1. The van der Waals surface area contributed by atoms with Crippen LogP contribution in [0.4, 0.5) is 17.6 Å². The van der Waals surface area contributed by atoms with Crippen molar-refractivity contribution in [2.75, 3.05) is 13.7 Å². The number of alkyl halides is 4. The van der Waals surface area contributed by atoms with Gasteiger partial charge in [0.2, 0.25) is 5.89 Å². The Morgan fingerprint density at radius 3 is 2.81 bits per heavy atom. The first-order chi connectivity index (χ1) is 12.8. The van der Waals surface area contributed by atoms with E-state index in [9.17, 15) is 22.4 Å². The SMILES string of the molecule is COCc1nc2c(o1)CCN(C(=O)c1ccccc1OC(F)(F)C(F)F)C2. The molecule has 1 amide bonds. The second kappa shape index (κ2) is 7.55. The predicted molar refractivity (Wildman–Crippen MR) is 83.7 cm³/mol.